The Morgan fingerprint density at radius 1 is 1.33 bits per heavy atom. The molecule has 1 aliphatic rings. The summed E-state index contributed by atoms with van der Waals surface area (Å²) in [4.78, 5) is 11.9. The fraction of sp³-hybridized carbons (Fsp3) is 0.632. The molecule has 1 N–H and O–H groups in total. The average molecular weight is 288 g/mol. The molecule has 0 bridgehead atoms. The Labute approximate surface area is 128 Å². The first-order valence-electron chi connectivity index (χ1n) is 8.44. The summed E-state index contributed by atoms with van der Waals surface area (Å²) in [6.07, 6.45) is 7.90. The fourth-order valence-electron chi connectivity index (χ4n) is 3.82. The van der Waals surface area contributed by atoms with Crippen LogP contribution in [0.4, 0.5) is 0 Å². The molecule has 0 saturated heterocycles. The quantitative estimate of drug-likeness (QED) is 0.751. The number of carbonyl (C=O) groups is 1. The molecule has 116 valence electrons. The summed E-state index contributed by atoms with van der Waals surface area (Å²) in [7, 11) is 0. The summed E-state index contributed by atoms with van der Waals surface area (Å²) in [6, 6.07) is 8.61. The Morgan fingerprint density at radius 3 is 2.76 bits per heavy atom. The first kappa shape index (κ1) is 16.1. The van der Waals surface area contributed by atoms with E-state index < -0.39 is 11.4 Å². The van der Waals surface area contributed by atoms with Crippen LogP contribution in [0.5, 0.6) is 0 Å². The highest BCUT2D eigenvalue weighted by Gasteiger charge is 2.39. The molecule has 0 heterocycles. The Kier molecular flexibility index (Phi) is 5.44. The van der Waals surface area contributed by atoms with E-state index in [-0.39, 0.29) is 0 Å². The second-order valence-corrected chi connectivity index (χ2v) is 6.53. The SMILES string of the molecule is CCCCC(CC)(CC1CCCc2ccccc21)C(=O)O. The van der Waals surface area contributed by atoms with E-state index in [1.807, 2.05) is 6.92 Å². The molecule has 0 spiro atoms. The van der Waals surface area contributed by atoms with E-state index >= 15 is 0 Å². The molecule has 0 aliphatic heterocycles. The first-order chi connectivity index (χ1) is 10.1. The highest BCUT2D eigenvalue weighted by molar-refractivity contribution is 5.74. The second-order valence-electron chi connectivity index (χ2n) is 6.53. The summed E-state index contributed by atoms with van der Waals surface area (Å²) in [5, 5.41) is 9.83. The lowest BCUT2D eigenvalue weighted by molar-refractivity contribution is -0.150. The molecule has 0 amide bonds. The maximum atomic E-state index is 11.9. The minimum absolute atomic E-state index is 0.419. The van der Waals surface area contributed by atoms with Gasteiger partial charge in [-0.1, -0.05) is 51.0 Å². The molecule has 1 aromatic carbocycles. The second kappa shape index (κ2) is 7.11. The summed E-state index contributed by atoms with van der Waals surface area (Å²) in [6.45, 7) is 4.18. The Balaban J connectivity index is 2.23. The van der Waals surface area contributed by atoms with Crippen molar-refractivity contribution in [3.63, 3.8) is 0 Å². The number of aryl methyl sites for hydroxylation is 1. The van der Waals surface area contributed by atoms with Gasteiger partial charge in [0.25, 0.3) is 0 Å². The van der Waals surface area contributed by atoms with Crippen molar-refractivity contribution in [2.24, 2.45) is 5.41 Å². The van der Waals surface area contributed by atoms with Gasteiger partial charge < -0.3 is 5.11 Å². The van der Waals surface area contributed by atoms with Crippen LogP contribution in [0.15, 0.2) is 24.3 Å². The molecule has 0 radical (unpaired) electrons. The molecule has 1 aromatic rings. The van der Waals surface area contributed by atoms with Crippen LogP contribution in [-0.4, -0.2) is 11.1 Å². The zero-order valence-electron chi connectivity index (χ0n) is 13.4. The molecular weight excluding hydrogens is 260 g/mol. The van der Waals surface area contributed by atoms with Crippen LogP contribution in [0, 0.1) is 5.41 Å². The van der Waals surface area contributed by atoms with Gasteiger partial charge in [0, 0.05) is 0 Å². The number of unbranched alkanes of at least 4 members (excludes halogenated alkanes) is 1. The van der Waals surface area contributed by atoms with Crippen LogP contribution in [0.25, 0.3) is 0 Å². The number of aliphatic carboxylic acids is 1. The number of benzene rings is 1. The van der Waals surface area contributed by atoms with Crippen LogP contribution in [0.3, 0.4) is 0 Å². The van der Waals surface area contributed by atoms with E-state index in [0.29, 0.717) is 5.92 Å². The van der Waals surface area contributed by atoms with Gasteiger partial charge in [0.05, 0.1) is 5.41 Å². The Morgan fingerprint density at radius 2 is 2.10 bits per heavy atom. The van der Waals surface area contributed by atoms with Crippen molar-refractivity contribution in [2.45, 2.75) is 71.1 Å². The van der Waals surface area contributed by atoms with Crippen LogP contribution < -0.4 is 0 Å². The van der Waals surface area contributed by atoms with Crippen LogP contribution in [0.2, 0.25) is 0 Å². The molecule has 2 nitrogen and oxygen atoms in total. The van der Waals surface area contributed by atoms with Crippen LogP contribution >= 0.6 is 0 Å². The number of fused-ring (bicyclic) bond motifs is 1. The maximum Gasteiger partial charge on any atom is 0.309 e. The zero-order valence-corrected chi connectivity index (χ0v) is 13.4. The lowest BCUT2D eigenvalue weighted by Crippen LogP contribution is -2.33. The summed E-state index contributed by atoms with van der Waals surface area (Å²) in [5.41, 5.74) is 2.30. The van der Waals surface area contributed by atoms with Gasteiger partial charge in [-0.15, -0.1) is 0 Å². The highest BCUT2D eigenvalue weighted by Crippen LogP contribution is 2.44. The van der Waals surface area contributed by atoms with Gasteiger partial charge >= 0.3 is 5.97 Å². The largest absolute Gasteiger partial charge is 0.481 e. The van der Waals surface area contributed by atoms with E-state index in [1.165, 1.54) is 17.5 Å². The maximum absolute atomic E-state index is 11.9. The zero-order chi connectivity index (χ0) is 15.3. The van der Waals surface area contributed by atoms with E-state index in [9.17, 15) is 9.90 Å². The molecule has 0 fully saturated rings. The van der Waals surface area contributed by atoms with Crippen molar-refractivity contribution in [3.05, 3.63) is 35.4 Å². The minimum Gasteiger partial charge on any atom is -0.481 e. The number of hydrogen-bond donors (Lipinski definition) is 1. The molecule has 2 heteroatoms. The predicted molar refractivity (Wildman–Crippen MR) is 86.6 cm³/mol. The minimum atomic E-state index is -0.596. The van der Waals surface area contributed by atoms with Gasteiger partial charge in [-0.05, 0) is 55.6 Å². The first-order valence-corrected chi connectivity index (χ1v) is 8.44. The fourth-order valence-corrected chi connectivity index (χ4v) is 3.82. The summed E-state index contributed by atoms with van der Waals surface area (Å²) < 4.78 is 0. The van der Waals surface area contributed by atoms with Crippen LogP contribution in [-0.2, 0) is 11.2 Å². The Hall–Kier alpha value is -1.31. The van der Waals surface area contributed by atoms with Gasteiger partial charge in [0.1, 0.15) is 0 Å². The third kappa shape index (κ3) is 3.48. The van der Waals surface area contributed by atoms with E-state index in [4.69, 9.17) is 0 Å². The van der Waals surface area contributed by atoms with Gasteiger partial charge in [0.15, 0.2) is 0 Å². The topological polar surface area (TPSA) is 37.3 Å². The molecule has 2 atom stereocenters. The van der Waals surface area contributed by atoms with E-state index in [2.05, 4.69) is 31.2 Å². The van der Waals surface area contributed by atoms with Gasteiger partial charge in [-0.2, -0.15) is 0 Å². The predicted octanol–water partition coefficient (Wildman–Crippen LogP) is 5.17. The van der Waals surface area contributed by atoms with Crippen molar-refractivity contribution in [2.75, 3.05) is 0 Å². The monoisotopic (exact) mass is 288 g/mol. The van der Waals surface area contributed by atoms with Crippen molar-refractivity contribution >= 4 is 5.97 Å². The molecule has 0 saturated carbocycles. The number of hydrogen-bond acceptors (Lipinski definition) is 1. The van der Waals surface area contributed by atoms with E-state index in [1.54, 1.807) is 0 Å². The van der Waals surface area contributed by atoms with Crippen molar-refractivity contribution in [3.8, 4) is 0 Å². The molecule has 2 unspecified atom stereocenters. The molecule has 0 aromatic heterocycles. The number of carboxylic acids is 1. The van der Waals surface area contributed by atoms with Crippen molar-refractivity contribution in [1.29, 1.82) is 0 Å². The number of carboxylic acid groups (broad SMARTS) is 1. The molecule has 1 aliphatic carbocycles. The lowest BCUT2D eigenvalue weighted by atomic mass is 9.69. The molecule has 2 rings (SSSR count). The van der Waals surface area contributed by atoms with Crippen LogP contribution in [0.1, 0.15) is 75.8 Å². The van der Waals surface area contributed by atoms with Crippen molar-refractivity contribution < 1.29 is 9.90 Å². The van der Waals surface area contributed by atoms with Gasteiger partial charge in [-0.25, -0.2) is 0 Å². The molecular formula is C19H28O2. The normalized spacial score (nSPS) is 20.6. The van der Waals surface area contributed by atoms with Gasteiger partial charge in [-0.3, -0.25) is 4.79 Å². The van der Waals surface area contributed by atoms with E-state index in [0.717, 1.165) is 44.9 Å². The van der Waals surface area contributed by atoms with Gasteiger partial charge in [0.2, 0.25) is 0 Å². The summed E-state index contributed by atoms with van der Waals surface area (Å²) >= 11 is 0. The lowest BCUT2D eigenvalue weighted by Gasteiger charge is -2.35. The smallest absolute Gasteiger partial charge is 0.309 e. The third-order valence-electron chi connectivity index (χ3n) is 5.27. The number of rotatable bonds is 7. The molecule has 21 heavy (non-hydrogen) atoms. The summed E-state index contributed by atoms with van der Waals surface area (Å²) in [5.74, 6) is -0.177. The average Bonchev–Trinajstić information content (AvgIpc) is 2.51. The Bertz CT molecular complexity index is 480. The van der Waals surface area contributed by atoms with Crippen molar-refractivity contribution in [1.82, 2.24) is 0 Å². The third-order valence-corrected chi connectivity index (χ3v) is 5.27. The standard InChI is InChI=1S/C19H28O2/c1-3-5-13-19(4-2,18(20)21)14-16-11-8-10-15-9-6-7-12-17(15)16/h6-7,9,12,16H,3-5,8,10-11,13-14H2,1-2H3,(H,20,21). The highest BCUT2D eigenvalue weighted by atomic mass is 16.4.